The van der Waals surface area contributed by atoms with E-state index in [4.69, 9.17) is 4.74 Å². The molecule has 0 fully saturated rings. The molecule has 5 nitrogen and oxygen atoms in total. The van der Waals surface area contributed by atoms with Gasteiger partial charge in [-0.3, -0.25) is 4.40 Å². The number of aromatic nitrogens is 2. The molecule has 2 heterocycles. The van der Waals surface area contributed by atoms with E-state index in [-0.39, 0.29) is 0 Å². The monoisotopic (exact) mass is 280 g/mol. The summed E-state index contributed by atoms with van der Waals surface area (Å²) in [6.45, 7) is 3.97. The van der Waals surface area contributed by atoms with E-state index >= 15 is 0 Å². The zero-order chi connectivity index (χ0) is 14.8. The van der Waals surface area contributed by atoms with Crippen LogP contribution >= 0.6 is 0 Å². The number of fused-ring (bicyclic) bond motifs is 1. The minimum atomic E-state index is 0.696. The second-order valence-corrected chi connectivity index (χ2v) is 4.82. The standard InChI is InChI=1S/C16H16N4O/c1-11-8-9-20-15(10-11)17-12(2)16(20)19-18-13-6-4-5-7-14(13)21-3/h4-10H,1-3H3. The maximum absolute atomic E-state index is 5.27. The van der Waals surface area contributed by atoms with E-state index in [0.29, 0.717) is 11.4 Å². The van der Waals surface area contributed by atoms with Crippen molar-refractivity contribution >= 4 is 17.2 Å². The molecule has 0 aliphatic rings. The molecule has 3 aromatic rings. The first-order chi connectivity index (χ1) is 10.2. The number of pyridine rings is 1. The molecule has 0 aliphatic carbocycles. The summed E-state index contributed by atoms with van der Waals surface area (Å²) >= 11 is 0. The summed E-state index contributed by atoms with van der Waals surface area (Å²) in [4.78, 5) is 4.51. The summed E-state index contributed by atoms with van der Waals surface area (Å²) in [5.41, 5.74) is 3.59. The average molecular weight is 280 g/mol. The van der Waals surface area contributed by atoms with Gasteiger partial charge in [0, 0.05) is 6.20 Å². The van der Waals surface area contributed by atoms with Crippen LogP contribution in [0.2, 0.25) is 0 Å². The van der Waals surface area contributed by atoms with Gasteiger partial charge < -0.3 is 4.74 Å². The van der Waals surface area contributed by atoms with Crippen LogP contribution in [0.4, 0.5) is 11.5 Å². The normalized spacial score (nSPS) is 11.4. The van der Waals surface area contributed by atoms with Crippen LogP contribution in [0, 0.1) is 13.8 Å². The van der Waals surface area contributed by atoms with Crippen LogP contribution in [0.25, 0.3) is 5.65 Å². The van der Waals surface area contributed by atoms with Gasteiger partial charge in [-0.05, 0) is 43.7 Å². The van der Waals surface area contributed by atoms with Crippen molar-refractivity contribution in [2.45, 2.75) is 13.8 Å². The predicted octanol–water partition coefficient (Wildman–Crippen LogP) is 4.38. The minimum absolute atomic E-state index is 0.696. The van der Waals surface area contributed by atoms with Gasteiger partial charge in [0.15, 0.2) is 5.82 Å². The molecule has 2 aromatic heterocycles. The van der Waals surface area contributed by atoms with Gasteiger partial charge in [0.2, 0.25) is 0 Å². The van der Waals surface area contributed by atoms with Crippen LogP contribution in [0.1, 0.15) is 11.3 Å². The van der Waals surface area contributed by atoms with E-state index < -0.39 is 0 Å². The average Bonchev–Trinajstić information content (AvgIpc) is 2.80. The highest BCUT2D eigenvalue weighted by atomic mass is 16.5. The fourth-order valence-electron chi connectivity index (χ4n) is 2.19. The van der Waals surface area contributed by atoms with Gasteiger partial charge >= 0.3 is 0 Å². The molecule has 5 heteroatoms. The lowest BCUT2D eigenvalue weighted by Crippen LogP contribution is -1.84. The summed E-state index contributed by atoms with van der Waals surface area (Å²) < 4.78 is 7.20. The van der Waals surface area contributed by atoms with Crippen LogP contribution in [-0.2, 0) is 0 Å². The van der Waals surface area contributed by atoms with Crippen molar-refractivity contribution in [3.63, 3.8) is 0 Å². The molecule has 0 atom stereocenters. The molecule has 0 radical (unpaired) electrons. The Morgan fingerprint density at radius 2 is 1.90 bits per heavy atom. The molecule has 0 N–H and O–H groups in total. The van der Waals surface area contributed by atoms with Crippen molar-refractivity contribution in [3.05, 3.63) is 53.9 Å². The lowest BCUT2D eigenvalue weighted by atomic mass is 10.3. The predicted molar refractivity (Wildman–Crippen MR) is 81.8 cm³/mol. The van der Waals surface area contributed by atoms with E-state index in [0.717, 1.165) is 17.2 Å². The quantitative estimate of drug-likeness (QED) is 0.669. The third-order valence-corrected chi connectivity index (χ3v) is 3.26. The fraction of sp³-hybridized carbons (Fsp3) is 0.188. The number of methoxy groups -OCH3 is 1. The zero-order valence-corrected chi connectivity index (χ0v) is 12.2. The van der Waals surface area contributed by atoms with Gasteiger partial charge in [0.05, 0.1) is 12.8 Å². The van der Waals surface area contributed by atoms with Crippen molar-refractivity contribution in [1.82, 2.24) is 9.38 Å². The second-order valence-electron chi connectivity index (χ2n) is 4.82. The van der Waals surface area contributed by atoms with Crippen molar-refractivity contribution in [1.29, 1.82) is 0 Å². The third kappa shape index (κ3) is 2.50. The van der Waals surface area contributed by atoms with Gasteiger partial charge in [0.1, 0.15) is 17.1 Å². The first kappa shape index (κ1) is 13.3. The van der Waals surface area contributed by atoms with Crippen molar-refractivity contribution in [3.8, 4) is 5.75 Å². The SMILES string of the molecule is COc1ccccc1N=Nc1c(C)nc2cc(C)ccn12. The number of nitrogens with zero attached hydrogens (tertiary/aromatic N) is 4. The third-order valence-electron chi connectivity index (χ3n) is 3.26. The molecule has 0 aliphatic heterocycles. The summed E-state index contributed by atoms with van der Waals surface area (Å²) in [6.07, 6.45) is 1.96. The molecule has 0 spiro atoms. The maximum atomic E-state index is 5.27. The number of benzene rings is 1. The van der Waals surface area contributed by atoms with Crippen LogP contribution in [0.3, 0.4) is 0 Å². The Bertz CT molecular complexity index is 820. The number of hydrogen-bond donors (Lipinski definition) is 0. The fourth-order valence-corrected chi connectivity index (χ4v) is 2.19. The molecular weight excluding hydrogens is 264 g/mol. The van der Waals surface area contributed by atoms with Crippen molar-refractivity contribution in [2.75, 3.05) is 7.11 Å². The van der Waals surface area contributed by atoms with Crippen LogP contribution in [-0.4, -0.2) is 16.5 Å². The summed E-state index contributed by atoms with van der Waals surface area (Å²) in [5.74, 6) is 1.43. The number of aryl methyl sites for hydroxylation is 2. The van der Waals surface area contributed by atoms with E-state index in [1.807, 2.05) is 60.8 Å². The highest BCUT2D eigenvalue weighted by molar-refractivity contribution is 5.54. The lowest BCUT2D eigenvalue weighted by Gasteiger charge is -2.02. The Balaban J connectivity index is 2.05. The first-order valence-corrected chi connectivity index (χ1v) is 6.69. The van der Waals surface area contributed by atoms with E-state index in [1.165, 1.54) is 5.56 Å². The first-order valence-electron chi connectivity index (χ1n) is 6.69. The Labute approximate surface area is 122 Å². The maximum Gasteiger partial charge on any atom is 0.182 e. The molecule has 0 saturated carbocycles. The molecule has 21 heavy (non-hydrogen) atoms. The van der Waals surface area contributed by atoms with E-state index in [9.17, 15) is 0 Å². The van der Waals surface area contributed by atoms with Gasteiger partial charge in [-0.1, -0.05) is 12.1 Å². The summed E-state index contributed by atoms with van der Waals surface area (Å²) in [5, 5.41) is 8.64. The van der Waals surface area contributed by atoms with Crippen molar-refractivity contribution in [2.24, 2.45) is 10.2 Å². The Morgan fingerprint density at radius 1 is 1.10 bits per heavy atom. The number of ether oxygens (including phenoxy) is 1. The van der Waals surface area contributed by atoms with E-state index in [2.05, 4.69) is 15.2 Å². The topological polar surface area (TPSA) is 51.2 Å². The van der Waals surface area contributed by atoms with Crippen LogP contribution < -0.4 is 4.74 Å². The Kier molecular flexibility index (Phi) is 3.39. The number of rotatable bonds is 3. The molecule has 0 amide bonds. The number of imidazole rings is 1. The van der Waals surface area contributed by atoms with E-state index in [1.54, 1.807) is 7.11 Å². The molecule has 0 unspecified atom stereocenters. The second kappa shape index (κ2) is 5.36. The summed E-state index contributed by atoms with van der Waals surface area (Å²) in [7, 11) is 1.62. The minimum Gasteiger partial charge on any atom is -0.494 e. The molecule has 1 aromatic carbocycles. The Hall–Kier alpha value is -2.69. The molecular formula is C16H16N4O. The highest BCUT2D eigenvalue weighted by Crippen LogP contribution is 2.29. The van der Waals surface area contributed by atoms with Gasteiger partial charge in [0.25, 0.3) is 0 Å². The number of para-hydroxylation sites is 1. The van der Waals surface area contributed by atoms with Gasteiger partial charge in [-0.15, -0.1) is 10.2 Å². The van der Waals surface area contributed by atoms with Gasteiger partial charge in [-0.2, -0.15) is 0 Å². The largest absolute Gasteiger partial charge is 0.494 e. The van der Waals surface area contributed by atoms with Gasteiger partial charge in [-0.25, -0.2) is 4.98 Å². The molecule has 0 saturated heterocycles. The lowest BCUT2D eigenvalue weighted by molar-refractivity contribution is 0.416. The smallest absolute Gasteiger partial charge is 0.182 e. The van der Waals surface area contributed by atoms with Crippen LogP contribution in [0.5, 0.6) is 5.75 Å². The molecule has 3 rings (SSSR count). The van der Waals surface area contributed by atoms with Crippen LogP contribution in [0.15, 0.2) is 52.8 Å². The highest BCUT2D eigenvalue weighted by Gasteiger charge is 2.08. The number of hydrogen-bond acceptors (Lipinski definition) is 4. The molecule has 0 bridgehead atoms. The summed E-state index contributed by atoms with van der Waals surface area (Å²) in [6, 6.07) is 11.6. The molecule has 106 valence electrons. The number of azo groups is 1. The van der Waals surface area contributed by atoms with Crippen molar-refractivity contribution < 1.29 is 4.74 Å². The Morgan fingerprint density at radius 3 is 2.71 bits per heavy atom. The zero-order valence-electron chi connectivity index (χ0n) is 12.2.